The first-order valence-corrected chi connectivity index (χ1v) is 14.6. The number of benzene rings is 1. The Labute approximate surface area is 230 Å². The zero-order valence-corrected chi connectivity index (χ0v) is 23.1. The van der Waals surface area contributed by atoms with Crippen molar-refractivity contribution in [3.8, 4) is 11.5 Å². The number of hydrogen-bond acceptors (Lipinski definition) is 6. The van der Waals surface area contributed by atoms with Gasteiger partial charge < -0.3 is 19.5 Å². The number of carboxylic acid groups (broad SMARTS) is 1. The number of carbonyl (C=O) groups excluding carboxylic acids is 1. The van der Waals surface area contributed by atoms with Gasteiger partial charge in [-0.15, -0.1) is 0 Å². The summed E-state index contributed by atoms with van der Waals surface area (Å²) in [6.45, 7) is 8.45. The van der Waals surface area contributed by atoms with Gasteiger partial charge in [-0.05, 0) is 81.9 Å². The molecule has 0 radical (unpaired) electrons. The van der Waals surface area contributed by atoms with Crippen LogP contribution in [0.15, 0.2) is 18.2 Å². The van der Waals surface area contributed by atoms with E-state index in [0.29, 0.717) is 42.7 Å². The van der Waals surface area contributed by atoms with Gasteiger partial charge in [0.25, 0.3) is 5.91 Å². The third kappa shape index (κ3) is 5.62. The molecule has 8 nitrogen and oxygen atoms in total. The summed E-state index contributed by atoms with van der Waals surface area (Å²) in [5, 5.41) is 9.50. The van der Waals surface area contributed by atoms with E-state index in [1.54, 1.807) is 6.92 Å². The normalized spacial score (nSPS) is 20.2. The van der Waals surface area contributed by atoms with E-state index in [0.717, 1.165) is 56.3 Å². The molecule has 6 rings (SSSR count). The molecular formula is C31H39N3O5. The fourth-order valence-corrected chi connectivity index (χ4v) is 6.10. The molecule has 2 aliphatic heterocycles. The fourth-order valence-electron chi connectivity index (χ4n) is 6.10. The Morgan fingerprint density at radius 3 is 2.49 bits per heavy atom. The molecule has 0 atom stereocenters. The summed E-state index contributed by atoms with van der Waals surface area (Å²) in [4.78, 5) is 33.8. The fraction of sp³-hybridized carbons (Fsp3) is 0.581. The predicted molar refractivity (Wildman–Crippen MR) is 147 cm³/mol. The number of hydrogen-bond donors (Lipinski definition) is 1. The van der Waals surface area contributed by atoms with Gasteiger partial charge in [0.1, 0.15) is 0 Å². The lowest BCUT2D eigenvalue weighted by molar-refractivity contribution is 0.0543. The molecule has 208 valence electrons. The lowest BCUT2D eigenvalue weighted by Gasteiger charge is -2.40. The predicted octanol–water partition coefficient (Wildman–Crippen LogP) is 4.82. The van der Waals surface area contributed by atoms with Crippen molar-refractivity contribution >= 4 is 11.9 Å². The topological polar surface area (TPSA) is 92.2 Å². The molecule has 8 heteroatoms. The third-order valence-electron chi connectivity index (χ3n) is 8.63. The second kappa shape index (κ2) is 10.8. The van der Waals surface area contributed by atoms with Crippen LogP contribution in [0.1, 0.15) is 94.6 Å². The molecule has 3 heterocycles. The monoisotopic (exact) mass is 533 g/mol. The van der Waals surface area contributed by atoms with E-state index < -0.39 is 5.97 Å². The number of rotatable bonds is 10. The number of amides is 1. The molecule has 3 fully saturated rings. The second-order valence-electron chi connectivity index (χ2n) is 11.7. The van der Waals surface area contributed by atoms with Crippen LogP contribution in [0.4, 0.5) is 0 Å². The summed E-state index contributed by atoms with van der Waals surface area (Å²) in [7, 11) is 0. The number of carboxylic acids is 1. The molecule has 0 bridgehead atoms. The van der Waals surface area contributed by atoms with Crippen molar-refractivity contribution in [3.05, 3.63) is 51.8 Å². The van der Waals surface area contributed by atoms with E-state index >= 15 is 0 Å². The van der Waals surface area contributed by atoms with E-state index in [1.807, 2.05) is 11.8 Å². The van der Waals surface area contributed by atoms with Gasteiger partial charge in [0, 0.05) is 44.2 Å². The van der Waals surface area contributed by atoms with Crippen LogP contribution < -0.4 is 9.47 Å². The standard InChI is InChI=1S/C31H39N3O5/c1-3-38-28-15-21(14-25(22-6-7-22)29(28)39-18-20-4-5-20)17-33-11-8-23(9-12-33)34-13-10-27-26(30(34)35)16-24(31(36)37)19(2)32-27/h14-16,20,22-23H,3-13,17-18H2,1-2H3,(H,36,37). The Kier molecular flexibility index (Phi) is 7.23. The minimum atomic E-state index is -1.04. The van der Waals surface area contributed by atoms with Gasteiger partial charge in [-0.3, -0.25) is 14.7 Å². The number of fused-ring (bicyclic) bond motifs is 1. The minimum Gasteiger partial charge on any atom is -0.490 e. The van der Waals surface area contributed by atoms with Crippen LogP contribution in [0.2, 0.25) is 0 Å². The Bertz CT molecular complexity index is 1260. The molecule has 0 spiro atoms. The van der Waals surface area contributed by atoms with Crippen molar-refractivity contribution < 1.29 is 24.2 Å². The number of piperidine rings is 1. The quantitative estimate of drug-likeness (QED) is 0.468. The van der Waals surface area contributed by atoms with Crippen LogP contribution in [0.25, 0.3) is 0 Å². The molecule has 0 unspecified atom stereocenters. The zero-order chi connectivity index (χ0) is 27.1. The summed E-state index contributed by atoms with van der Waals surface area (Å²) >= 11 is 0. The maximum Gasteiger partial charge on any atom is 0.337 e. The maximum atomic E-state index is 13.4. The van der Waals surface area contributed by atoms with Gasteiger partial charge in [0.05, 0.1) is 35.7 Å². The van der Waals surface area contributed by atoms with E-state index in [9.17, 15) is 14.7 Å². The van der Waals surface area contributed by atoms with E-state index in [4.69, 9.17) is 9.47 Å². The smallest absolute Gasteiger partial charge is 0.337 e. The average Bonchev–Trinajstić information content (AvgIpc) is 3.83. The Hall–Kier alpha value is -3.13. The van der Waals surface area contributed by atoms with Crippen molar-refractivity contribution in [2.75, 3.05) is 32.8 Å². The molecule has 1 N–H and O–H groups in total. The lowest BCUT2D eigenvalue weighted by Crippen LogP contribution is -2.50. The summed E-state index contributed by atoms with van der Waals surface area (Å²) in [6.07, 6.45) is 7.46. The third-order valence-corrected chi connectivity index (χ3v) is 8.63. The van der Waals surface area contributed by atoms with Crippen LogP contribution in [-0.2, 0) is 13.0 Å². The molecule has 39 heavy (non-hydrogen) atoms. The number of aromatic nitrogens is 1. The Morgan fingerprint density at radius 2 is 1.82 bits per heavy atom. The number of nitrogens with zero attached hydrogens (tertiary/aromatic N) is 3. The van der Waals surface area contributed by atoms with Crippen molar-refractivity contribution in [3.63, 3.8) is 0 Å². The van der Waals surface area contributed by atoms with Crippen molar-refractivity contribution in [1.29, 1.82) is 0 Å². The summed E-state index contributed by atoms with van der Waals surface area (Å²) in [5.41, 5.74) is 4.33. The first-order chi connectivity index (χ1) is 18.9. The van der Waals surface area contributed by atoms with Gasteiger partial charge in [0.2, 0.25) is 0 Å². The highest BCUT2D eigenvalue weighted by atomic mass is 16.5. The Balaban J connectivity index is 1.12. The summed E-state index contributed by atoms with van der Waals surface area (Å²) in [5.74, 6) is 2.01. The molecule has 2 aliphatic carbocycles. The SMILES string of the molecule is CCOc1cc(CN2CCC(N3CCc4nc(C)c(C(=O)O)cc4C3=O)CC2)cc(C2CC2)c1OCC1CC1. The molecule has 1 amide bonds. The summed E-state index contributed by atoms with van der Waals surface area (Å²) < 4.78 is 12.4. The van der Waals surface area contributed by atoms with Gasteiger partial charge >= 0.3 is 5.97 Å². The minimum absolute atomic E-state index is 0.0816. The number of aromatic carboxylic acids is 1. The van der Waals surface area contributed by atoms with Crippen molar-refractivity contribution in [2.45, 2.75) is 77.3 Å². The number of likely N-dealkylation sites (tertiary alicyclic amines) is 1. The zero-order valence-electron chi connectivity index (χ0n) is 23.1. The Morgan fingerprint density at radius 1 is 1.05 bits per heavy atom. The first-order valence-electron chi connectivity index (χ1n) is 14.6. The largest absolute Gasteiger partial charge is 0.490 e. The van der Waals surface area contributed by atoms with Gasteiger partial charge in [-0.1, -0.05) is 6.07 Å². The van der Waals surface area contributed by atoms with Crippen molar-refractivity contribution in [2.24, 2.45) is 5.92 Å². The van der Waals surface area contributed by atoms with Crippen molar-refractivity contribution in [1.82, 2.24) is 14.8 Å². The number of pyridine rings is 1. The highest BCUT2D eigenvalue weighted by molar-refractivity contribution is 5.99. The van der Waals surface area contributed by atoms with Gasteiger partial charge in [-0.2, -0.15) is 0 Å². The molecule has 1 saturated heterocycles. The van der Waals surface area contributed by atoms with Crippen LogP contribution in [0.5, 0.6) is 11.5 Å². The summed E-state index contributed by atoms with van der Waals surface area (Å²) in [6, 6.07) is 6.20. The van der Waals surface area contributed by atoms with Crippen LogP contribution >= 0.6 is 0 Å². The molecule has 4 aliphatic rings. The van der Waals surface area contributed by atoms with Crippen LogP contribution in [0, 0.1) is 12.8 Å². The second-order valence-corrected chi connectivity index (χ2v) is 11.7. The molecule has 2 saturated carbocycles. The maximum absolute atomic E-state index is 13.4. The highest BCUT2D eigenvalue weighted by Crippen LogP contribution is 2.49. The number of aryl methyl sites for hydroxylation is 1. The molecule has 1 aromatic heterocycles. The first kappa shape index (κ1) is 26.1. The van der Waals surface area contributed by atoms with Gasteiger partial charge in [0.15, 0.2) is 11.5 Å². The molecule has 1 aromatic carbocycles. The average molecular weight is 534 g/mol. The number of carbonyl (C=O) groups is 2. The highest BCUT2D eigenvalue weighted by Gasteiger charge is 2.35. The van der Waals surface area contributed by atoms with E-state index in [-0.39, 0.29) is 17.5 Å². The van der Waals surface area contributed by atoms with E-state index in [1.165, 1.54) is 42.9 Å². The molecular weight excluding hydrogens is 494 g/mol. The number of ether oxygens (including phenoxy) is 2. The van der Waals surface area contributed by atoms with Gasteiger partial charge in [-0.25, -0.2) is 4.79 Å². The van der Waals surface area contributed by atoms with Crippen LogP contribution in [0.3, 0.4) is 0 Å². The lowest BCUT2D eigenvalue weighted by atomic mass is 9.95. The molecule has 2 aromatic rings. The van der Waals surface area contributed by atoms with Crippen LogP contribution in [-0.4, -0.2) is 70.7 Å². The van der Waals surface area contributed by atoms with E-state index in [2.05, 4.69) is 22.0 Å².